The highest BCUT2D eigenvalue weighted by molar-refractivity contribution is 7.91. The topological polar surface area (TPSA) is 62.8 Å². The number of fused-ring (bicyclic) bond motifs is 3. The summed E-state index contributed by atoms with van der Waals surface area (Å²) in [5.41, 5.74) is 3.61. The number of H-pyrrole nitrogens is 1. The molecular weight excluding hydrogens is 351 g/mol. The first-order chi connectivity index (χ1) is 12.4. The molecule has 132 valence electrons. The number of hydrogen-bond donors (Lipinski definition) is 1. The van der Waals surface area contributed by atoms with E-state index < -0.39 is 9.84 Å². The van der Waals surface area contributed by atoms with Crippen LogP contribution in [0.4, 0.5) is 4.39 Å². The summed E-state index contributed by atoms with van der Waals surface area (Å²) in [7, 11) is -3.34. The zero-order chi connectivity index (χ0) is 18.5. The first kappa shape index (κ1) is 16.7. The Morgan fingerprint density at radius 1 is 1.15 bits per heavy atom. The van der Waals surface area contributed by atoms with Crippen molar-refractivity contribution in [1.82, 2.24) is 9.97 Å². The van der Waals surface area contributed by atoms with E-state index in [1.54, 1.807) is 37.4 Å². The van der Waals surface area contributed by atoms with Crippen molar-refractivity contribution < 1.29 is 12.8 Å². The molecule has 4 aromatic rings. The molecule has 1 N–H and O–H groups in total. The van der Waals surface area contributed by atoms with Gasteiger partial charge >= 0.3 is 0 Å². The summed E-state index contributed by atoms with van der Waals surface area (Å²) < 4.78 is 38.7. The number of aromatic amines is 1. The van der Waals surface area contributed by atoms with E-state index in [1.165, 1.54) is 12.1 Å². The van der Waals surface area contributed by atoms with Crippen molar-refractivity contribution in [3.8, 4) is 11.1 Å². The molecule has 4 nitrogen and oxygen atoms in total. The summed E-state index contributed by atoms with van der Waals surface area (Å²) >= 11 is 0. The van der Waals surface area contributed by atoms with Crippen molar-refractivity contribution in [2.24, 2.45) is 0 Å². The van der Waals surface area contributed by atoms with Crippen LogP contribution < -0.4 is 0 Å². The van der Waals surface area contributed by atoms with Gasteiger partial charge in [0, 0.05) is 17.0 Å². The van der Waals surface area contributed by atoms with Gasteiger partial charge in [-0.1, -0.05) is 19.1 Å². The van der Waals surface area contributed by atoms with Gasteiger partial charge in [-0.05, 0) is 53.9 Å². The summed E-state index contributed by atoms with van der Waals surface area (Å²) in [6.45, 7) is 3.55. The van der Waals surface area contributed by atoms with Gasteiger partial charge in [0.2, 0.25) is 0 Å². The van der Waals surface area contributed by atoms with Crippen LogP contribution in [0.5, 0.6) is 0 Å². The fourth-order valence-electron chi connectivity index (χ4n) is 3.23. The Hall–Kier alpha value is -2.73. The second-order valence-corrected chi connectivity index (χ2v) is 8.62. The van der Waals surface area contributed by atoms with Crippen molar-refractivity contribution in [2.45, 2.75) is 18.7 Å². The molecule has 4 rings (SSSR count). The van der Waals surface area contributed by atoms with Crippen molar-refractivity contribution in [3.63, 3.8) is 0 Å². The van der Waals surface area contributed by atoms with Crippen LogP contribution >= 0.6 is 0 Å². The van der Waals surface area contributed by atoms with Gasteiger partial charge in [0.05, 0.1) is 16.2 Å². The third-order valence-corrected chi connectivity index (χ3v) is 6.27. The van der Waals surface area contributed by atoms with Crippen LogP contribution in [0.25, 0.3) is 33.1 Å². The van der Waals surface area contributed by atoms with E-state index in [2.05, 4.69) is 9.97 Å². The maximum atomic E-state index is 14.2. The van der Waals surface area contributed by atoms with Gasteiger partial charge in [-0.3, -0.25) is 0 Å². The Balaban J connectivity index is 2.07. The SMILES string of the molecule is CCS(=O)(=O)c1cccc(-c2cc(F)cc3[nH]c4ncc(C)cc4c23)c1. The van der Waals surface area contributed by atoms with Crippen LogP contribution in [0.3, 0.4) is 0 Å². The second kappa shape index (κ2) is 5.92. The fourth-order valence-corrected chi connectivity index (χ4v) is 4.16. The minimum Gasteiger partial charge on any atom is -0.339 e. The number of rotatable bonds is 3. The number of benzene rings is 2. The van der Waals surface area contributed by atoms with Crippen LogP contribution in [0, 0.1) is 12.7 Å². The van der Waals surface area contributed by atoms with E-state index in [4.69, 9.17) is 0 Å². The lowest BCUT2D eigenvalue weighted by Crippen LogP contribution is -2.03. The molecule has 6 heteroatoms. The molecule has 0 atom stereocenters. The maximum absolute atomic E-state index is 14.2. The zero-order valence-electron chi connectivity index (χ0n) is 14.4. The molecule has 0 amide bonds. The first-order valence-corrected chi connectivity index (χ1v) is 9.95. The molecule has 0 aliphatic carbocycles. The van der Waals surface area contributed by atoms with E-state index in [-0.39, 0.29) is 16.5 Å². The van der Waals surface area contributed by atoms with Crippen LogP contribution in [-0.2, 0) is 9.84 Å². The molecular formula is C20H17FN2O2S. The molecule has 0 aliphatic rings. The van der Waals surface area contributed by atoms with E-state index >= 15 is 0 Å². The Morgan fingerprint density at radius 3 is 2.73 bits per heavy atom. The smallest absolute Gasteiger partial charge is 0.178 e. The minimum absolute atomic E-state index is 0.0191. The van der Waals surface area contributed by atoms with E-state index in [1.807, 2.05) is 13.0 Å². The van der Waals surface area contributed by atoms with Gasteiger partial charge in [-0.25, -0.2) is 17.8 Å². The molecule has 2 aromatic carbocycles. The van der Waals surface area contributed by atoms with Crippen molar-refractivity contribution >= 4 is 31.8 Å². The molecule has 0 bridgehead atoms. The second-order valence-electron chi connectivity index (χ2n) is 6.34. The molecule has 0 spiro atoms. The van der Waals surface area contributed by atoms with Crippen LogP contribution in [0.2, 0.25) is 0 Å². The molecule has 2 aromatic heterocycles. The van der Waals surface area contributed by atoms with Gasteiger partial charge in [-0.15, -0.1) is 0 Å². The summed E-state index contributed by atoms with van der Waals surface area (Å²) in [6, 6.07) is 11.5. The third kappa shape index (κ3) is 2.66. The Kier molecular flexibility index (Phi) is 3.80. The molecule has 0 unspecified atom stereocenters. The number of nitrogens with one attached hydrogen (secondary N) is 1. The molecule has 0 aliphatic heterocycles. The lowest BCUT2D eigenvalue weighted by atomic mass is 9.99. The number of halogens is 1. The average molecular weight is 368 g/mol. The van der Waals surface area contributed by atoms with Gasteiger partial charge in [0.25, 0.3) is 0 Å². The molecule has 0 fully saturated rings. The van der Waals surface area contributed by atoms with Crippen LogP contribution in [-0.4, -0.2) is 24.1 Å². The Labute approximate surface area is 150 Å². The molecule has 0 saturated carbocycles. The largest absolute Gasteiger partial charge is 0.339 e. The van der Waals surface area contributed by atoms with Crippen molar-refractivity contribution in [2.75, 3.05) is 5.75 Å². The summed E-state index contributed by atoms with van der Waals surface area (Å²) in [6.07, 6.45) is 1.75. The van der Waals surface area contributed by atoms with Gasteiger partial charge < -0.3 is 4.98 Å². The summed E-state index contributed by atoms with van der Waals surface area (Å²) in [5.74, 6) is -0.370. The van der Waals surface area contributed by atoms with Crippen LogP contribution in [0.1, 0.15) is 12.5 Å². The fraction of sp³-hybridized carbons (Fsp3) is 0.150. The number of aryl methyl sites for hydroxylation is 1. The highest BCUT2D eigenvalue weighted by atomic mass is 32.2. The number of pyridine rings is 1. The summed E-state index contributed by atoms with van der Waals surface area (Å²) in [4.78, 5) is 7.76. The first-order valence-electron chi connectivity index (χ1n) is 8.30. The monoisotopic (exact) mass is 368 g/mol. The number of sulfone groups is 1. The van der Waals surface area contributed by atoms with Gasteiger partial charge in [-0.2, -0.15) is 0 Å². The third-order valence-electron chi connectivity index (χ3n) is 4.53. The number of nitrogens with zero attached hydrogens (tertiary/aromatic N) is 1. The van der Waals surface area contributed by atoms with E-state index in [9.17, 15) is 12.8 Å². The molecule has 2 heterocycles. The van der Waals surface area contributed by atoms with Crippen molar-refractivity contribution in [3.05, 3.63) is 60.0 Å². The Bertz CT molecular complexity index is 1260. The molecule has 0 radical (unpaired) electrons. The van der Waals surface area contributed by atoms with Gasteiger partial charge in [0.1, 0.15) is 11.5 Å². The lowest BCUT2D eigenvalue weighted by Gasteiger charge is -2.08. The zero-order valence-corrected chi connectivity index (χ0v) is 15.2. The van der Waals surface area contributed by atoms with E-state index in [0.717, 1.165) is 16.3 Å². The van der Waals surface area contributed by atoms with Gasteiger partial charge in [0.15, 0.2) is 9.84 Å². The highest BCUT2D eigenvalue weighted by Gasteiger charge is 2.16. The quantitative estimate of drug-likeness (QED) is 0.574. The minimum atomic E-state index is -3.34. The number of hydrogen-bond acceptors (Lipinski definition) is 3. The van der Waals surface area contributed by atoms with Crippen molar-refractivity contribution in [1.29, 1.82) is 0 Å². The predicted octanol–water partition coefficient (Wildman–Crippen LogP) is 4.62. The standard InChI is InChI=1S/C20H17FN2O2S/c1-3-26(24,25)15-6-4-5-13(8-15)16-9-14(21)10-18-19(16)17-7-12(2)11-22-20(17)23-18/h4-11H,3H2,1-2H3,(H,22,23). The van der Waals surface area contributed by atoms with E-state index in [0.29, 0.717) is 22.3 Å². The maximum Gasteiger partial charge on any atom is 0.178 e. The summed E-state index contributed by atoms with van der Waals surface area (Å²) in [5, 5.41) is 1.72. The highest BCUT2D eigenvalue weighted by Crippen LogP contribution is 2.36. The average Bonchev–Trinajstić information content (AvgIpc) is 2.98. The molecule has 0 saturated heterocycles. The van der Waals surface area contributed by atoms with Crippen LogP contribution in [0.15, 0.2) is 53.6 Å². The molecule has 26 heavy (non-hydrogen) atoms. The lowest BCUT2D eigenvalue weighted by molar-refractivity contribution is 0.597. The Morgan fingerprint density at radius 2 is 1.96 bits per heavy atom. The predicted molar refractivity (Wildman–Crippen MR) is 101 cm³/mol. The number of aromatic nitrogens is 2. The normalized spacial score (nSPS) is 12.1.